The third kappa shape index (κ3) is 2.55. The molecule has 2 N–H and O–H groups in total. The van der Waals surface area contributed by atoms with Crippen molar-refractivity contribution < 1.29 is 0 Å². The zero-order valence-corrected chi connectivity index (χ0v) is 12.2. The second kappa shape index (κ2) is 5.42. The zero-order chi connectivity index (χ0) is 13.9. The van der Waals surface area contributed by atoms with Gasteiger partial charge in [-0.25, -0.2) is 4.68 Å². The monoisotopic (exact) mass is 329 g/mol. The Balaban J connectivity index is 2.00. The van der Waals surface area contributed by atoms with Crippen molar-refractivity contribution in [3.05, 3.63) is 58.6 Å². The second-order valence-corrected chi connectivity index (χ2v) is 5.24. The Kier molecular flexibility index (Phi) is 3.47. The van der Waals surface area contributed by atoms with Crippen LogP contribution in [0.5, 0.6) is 0 Å². The van der Waals surface area contributed by atoms with Gasteiger partial charge >= 0.3 is 0 Å². The van der Waals surface area contributed by atoms with Crippen molar-refractivity contribution in [3.63, 3.8) is 0 Å². The third-order valence-electron chi connectivity index (χ3n) is 2.94. The van der Waals surface area contributed by atoms with E-state index in [1.54, 1.807) is 4.68 Å². The second-order valence-electron chi connectivity index (χ2n) is 4.39. The average Bonchev–Trinajstić information content (AvgIpc) is 2.91. The molecule has 0 atom stereocenters. The number of rotatable bonds is 3. The van der Waals surface area contributed by atoms with Gasteiger partial charge in [0.05, 0.1) is 6.54 Å². The van der Waals surface area contributed by atoms with E-state index in [1.165, 1.54) is 0 Å². The Morgan fingerprint density at radius 1 is 1.10 bits per heavy atom. The minimum Gasteiger partial charge on any atom is -0.399 e. The van der Waals surface area contributed by atoms with Gasteiger partial charge < -0.3 is 5.73 Å². The van der Waals surface area contributed by atoms with E-state index in [0.717, 1.165) is 15.6 Å². The standard InChI is InChI=1S/C14H12BrN5/c15-13-7-6-11(16)8-12(13)14-17-18-19-20(14)9-10-4-2-1-3-5-10/h1-8H,9,16H2. The predicted octanol–water partition coefficient (Wildman–Crippen LogP) is 2.73. The lowest BCUT2D eigenvalue weighted by molar-refractivity contribution is 0.653. The number of nitrogens with two attached hydrogens (primary N) is 1. The van der Waals surface area contributed by atoms with Crippen molar-refractivity contribution in [1.82, 2.24) is 20.2 Å². The van der Waals surface area contributed by atoms with Crippen molar-refractivity contribution in [1.29, 1.82) is 0 Å². The van der Waals surface area contributed by atoms with E-state index in [9.17, 15) is 0 Å². The number of hydrogen-bond acceptors (Lipinski definition) is 4. The highest BCUT2D eigenvalue weighted by atomic mass is 79.9. The van der Waals surface area contributed by atoms with Crippen LogP contribution in [-0.2, 0) is 6.54 Å². The van der Waals surface area contributed by atoms with Crippen molar-refractivity contribution in [2.24, 2.45) is 0 Å². The molecule has 0 fully saturated rings. The lowest BCUT2D eigenvalue weighted by Gasteiger charge is -2.07. The minimum atomic E-state index is 0.615. The highest BCUT2D eigenvalue weighted by molar-refractivity contribution is 9.10. The number of anilines is 1. The summed E-state index contributed by atoms with van der Waals surface area (Å²) in [5.41, 5.74) is 8.54. The summed E-state index contributed by atoms with van der Waals surface area (Å²) in [6.07, 6.45) is 0. The van der Waals surface area contributed by atoms with E-state index in [-0.39, 0.29) is 0 Å². The van der Waals surface area contributed by atoms with E-state index in [2.05, 4.69) is 31.5 Å². The van der Waals surface area contributed by atoms with Crippen molar-refractivity contribution >= 4 is 21.6 Å². The maximum atomic E-state index is 5.84. The van der Waals surface area contributed by atoms with Gasteiger partial charge in [0.2, 0.25) is 0 Å². The first kappa shape index (κ1) is 12.8. The Bertz CT molecular complexity index is 723. The van der Waals surface area contributed by atoms with Gasteiger partial charge in [-0.2, -0.15) is 0 Å². The summed E-state index contributed by atoms with van der Waals surface area (Å²) in [6.45, 7) is 0.615. The van der Waals surface area contributed by atoms with Gasteiger partial charge in [0.25, 0.3) is 0 Å². The first-order valence-corrected chi connectivity index (χ1v) is 6.89. The summed E-state index contributed by atoms with van der Waals surface area (Å²) in [6, 6.07) is 15.6. The summed E-state index contributed by atoms with van der Waals surface area (Å²) in [5.74, 6) is 0.688. The van der Waals surface area contributed by atoms with Crippen LogP contribution in [0.4, 0.5) is 5.69 Å². The molecule has 2 aromatic carbocycles. The molecule has 3 aromatic rings. The molecule has 0 radical (unpaired) electrons. The smallest absolute Gasteiger partial charge is 0.183 e. The molecule has 0 aliphatic heterocycles. The van der Waals surface area contributed by atoms with Crippen LogP contribution in [0.3, 0.4) is 0 Å². The molecule has 0 unspecified atom stereocenters. The number of aromatic nitrogens is 4. The summed E-state index contributed by atoms with van der Waals surface area (Å²) in [5, 5.41) is 11.9. The van der Waals surface area contributed by atoms with Crippen molar-refractivity contribution in [3.8, 4) is 11.4 Å². The fourth-order valence-corrected chi connectivity index (χ4v) is 2.40. The topological polar surface area (TPSA) is 69.6 Å². The van der Waals surface area contributed by atoms with Gasteiger partial charge in [-0.3, -0.25) is 0 Å². The number of tetrazole rings is 1. The van der Waals surface area contributed by atoms with Crippen molar-refractivity contribution in [2.75, 3.05) is 5.73 Å². The maximum Gasteiger partial charge on any atom is 0.183 e. The van der Waals surface area contributed by atoms with Crippen LogP contribution in [0.25, 0.3) is 11.4 Å². The molecule has 0 saturated carbocycles. The van der Waals surface area contributed by atoms with E-state index >= 15 is 0 Å². The zero-order valence-electron chi connectivity index (χ0n) is 10.6. The van der Waals surface area contributed by atoms with E-state index in [1.807, 2.05) is 48.5 Å². The van der Waals surface area contributed by atoms with Crippen LogP contribution in [-0.4, -0.2) is 20.2 Å². The van der Waals surface area contributed by atoms with Crippen molar-refractivity contribution in [2.45, 2.75) is 6.54 Å². The van der Waals surface area contributed by atoms with Gasteiger partial charge in [0, 0.05) is 15.7 Å². The van der Waals surface area contributed by atoms with Crippen LogP contribution in [0.2, 0.25) is 0 Å². The van der Waals surface area contributed by atoms with E-state index in [0.29, 0.717) is 18.1 Å². The Labute approximate surface area is 124 Å². The molecular weight excluding hydrogens is 318 g/mol. The molecule has 5 nitrogen and oxygen atoms in total. The maximum absolute atomic E-state index is 5.84. The molecule has 20 heavy (non-hydrogen) atoms. The largest absolute Gasteiger partial charge is 0.399 e. The Morgan fingerprint density at radius 3 is 2.70 bits per heavy atom. The molecule has 0 bridgehead atoms. The van der Waals surface area contributed by atoms with Gasteiger partial charge in [-0.15, -0.1) is 5.10 Å². The molecule has 1 heterocycles. The number of nitrogen functional groups attached to an aromatic ring is 1. The molecule has 0 aliphatic rings. The molecule has 0 aliphatic carbocycles. The lowest BCUT2D eigenvalue weighted by atomic mass is 10.2. The lowest BCUT2D eigenvalue weighted by Crippen LogP contribution is -2.04. The molecule has 100 valence electrons. The van der Waals surface area contributed by atoms with E-state index in [4.69, 9.17) is 5.73 Å². The van der Waals surface area contributed by atoms with E-state index < -0.39 is 0 Å². The van der Waals surface area contributed by atoms with Gasteiger partial charge in [-0.05, 0) is 34.2 Å². The molecular formula is C14H12BrN5. The number of nitrogens with zero attached hydrogens (tertiary/aromatic N) is 4. The van der Waals surface area contributed by atoms with Crippen LogP contribution in [0.15, 0.2) is 53.0 Å². The molecule has 1 aromatic heterocycles. The van der Waals surface area contributed by atoms with Crippen LogP contribution in [0, 0.1) is 0 Å². The molecule has 0 spiro atoms. The number of halogens is 1. The first-order chi connectivity index (χ1) is 9.74. The van der Waals surface area contributed by atoms with Crippen LogP contribution < -0.4 is 5.73 Å². The number of hydrogen-bond donors (Lipinski definition) is 1. The van der Waals surface area contributed by atoms with Gasteiger partial charge in [-0.1, -0.05) is 46.3 Å². The Morgan fingerprint density at radius 2 is 1.90 bits per heavy atom. The summed E-state index contributed by atoms with van der Waals surface area (Å²) < 4.78 is 2.67. The number of benzene rings is 2. The highest BCUT2D eigenvalue weighted by Crippen LogP contribution is 2.28. The fourth-order valence-electron chi connectivity index (χ4n) is 1.97. The minimum absolute atomic E-state index is 0.615. The quantitative estimate of drug-likeness (QED) is 0.750. The molecule has 0 saturated heterocycles. The predicted molar refractivity (Wildman–Crippen MR) is 80.9 cm³/mol. The first-order valence-electron chi connectivity index (χ1n) is 6.09. The molecule has 0 amide bonds. The fraction of sp³-hybridized carbons (Fsp3) is 0.0714. The SMILES string of the molecule is Nc1ccc(Br)c(-c2nnnn2Cc2ccccc2)c1. The Hall–Kier alpha value is -2.21. The van der Waals surface area contributed by atoms with Crippen LogP contribution >= 0.6 is 15.9 Å². The van der Waals surface area contributed by atoms with Gasteiger partial charge in [0.1, 0.15) is 0 Å². The third-order valence-corrected chi connectivity index (χ3v) is 3.63. The molecule has 3 rings (SSSR count). The summed E-state index contributed by atoms with van der Waals surface area (Å²) >= 11 is 3.51. The summed E-state index contributed by atoms with van der Waals surface area (Å²) in [4.78, 5) is 0. The van der Waals surface area contributed by atoms with Gasteiger partial charge in [0.15, 0.2) is 5.82 Å². The molecule has 6 heteroatoms. The van der Waals surface area contributed by atoms with Crippen LogP contribution in [0.1, 0.15) is 5.56 Å². The normalized spacial score (nSPS) is 10.7. The summed E-state index contributed by atoms with van der Waals surface area (Å²) in [7, 11) is 0. The highest BCUT2D eigenvalue weighted by Gasteiger charge is 2.12. The average molecular weight is 330 g/mol.